The van der Waals surface area contributed by atoms with Crippen LogP contribution in [0, 0.1) is 5.41 Å². The Kier molecular flexibility index (Phi) is 2.88. The van der Waals surface area contributed by atoms with Gasteiger partial charge >= 0.3 is 0 Å². The standard InChI is InChI=1S/C11H20N4O/c1-11(2,3)8(12)9-13-10(14-16-9)15-6-4-5-7-15/h8H,4-7,12H2,1-3H3/t8-/m0/s1. The highest BCUT2D eigenvalue weighted by molar-refractivity contribution is 5.29. The summed E-state index contributed by atoms with van der Waals surface area (Å²) >= 11 is 0. The van der Waals surface area contributed by atoms with Crippen molar-refractivity contribution in [1.82, 2.24) is 10.1 Å². The molecule has 1 aromatic rings. The molecular weight excluding hydrogens is 204 g/mol. The summed E-state index contributed by atoms with van der Waals surface area (Å²) < 4.78 is 5.24. The lowest BCUT2D eigenvalue weighted by atomic mass is 9.87. The average Bonchev–Trinajstić information content (AvgIpc) is 2.85. The molecule has 2 heterocycles. The zero-order valence-corrected chi connectivity index (χ0v) is 10.2. The lowest BCUT2D eigenvalue weighted by Gasteiger charge is -2.23. The molecule has 1 fully saturated rings. The van der Waals surface area contributed by atoms with E-state index >= 15 is 0 Å². The Morgan fingerprint density at radius 1 is 1.31 bits per heavy atom. The summed E-state index contributed by atoms with van der Waals surface area (Å²) in [6.45, 7) is 8.24. The van der Waals surface area contributed by atoms with Gasteiger partial charge < -0.3 is 15.2 Å². The van der Waals surface area contributed by atoms with Gasteiger partial charge in [-0.2, -0.15) is 4.98 Å². The number of anilines is 1. The van der Waals surface area contributed by atoms with Crippen molar-refractivity contribution in [2.75, 3.05) is 18.0 Å². The van der Waals surface area contributed by atoms with Crippen LogP contribution in [0.5, 0.6) is 0 Å². The number of aromatic nitrogens is 2. The van der Waals surface area contributed by atoms with E-state index in [2.05, 4.69) is 35.8 Å². The first-order chi connectivity index (χ1) is 7.48. The topological polar surface area (TPSA) is 68.2 Å². The van der Waals surface area contributed by atoms with Crippen LogP contribution in [0.2, 0.25) is 0 Å². The summed E-state index contributed by atoms with van der Waals surface area (Å²) in [5.74, 6) is 1.22. The third-order valence-electron chi connectivity index (χ3n) is 3.02. The molecule has 0 aliphatic carbocycles. The monoisotopic (exact) mass is 224 g/mol. The van der Waals surface area contributed by atoms with Crippen molar-refractivity contribution in [2.24, 2.45) is 11.1 Å². The molecule has 2 N–H and O–H groups in total. The van der Waals surface area contributed by atoms with E-state index in [-0.39, 0.29) is 11.5 Å². The maximum absolute atomic E-state index is 6.07. The molecule has 1 aliphatic rings. The molecule has 0 bridgehead atoms. The molecule has 0 radical (unpaired) electrons. The van der Waals surface area contributed by atoms with E-state index in [0.717, 1.165) is 13.1 Å². The molecule has 0 amide bonds. The van der Waals surface area contributed by atoms with Crippen LogP contribution >= 0.6 is 0 Å². The number of rotatable bonds is 2. The molecule has 1 atom stereocenters. The van der Waals surface area contributed by atoms with E-state index in [1.165, 1.54) is 12.8 Å². The molecule has 16 heavy (non-hydrogen) atoms. The van der Waals surface area contributed by atoms with Crippen LogP contribution in [-0.2, 0) is 0 Å². The van der Waals surface area contributed by atoms with Crippen molar-refractivity contribution in [2.45, 2.75) is 39.7 Å². The van der Waals surface area contributed by atoms with E-state index in [9.17, 15) is 0 Å². The fraction of sp³-hybridized carbons (Fsp3) is 0.818. The highest BCUT2D eigenvalue weighted by atomic mass is 16.5. The number of hydrogen-bond donors (Lipinski definition) is 1. The van der Waals surface area contributed by atoms with E-state index < -0.39 is 0 Å². The lowest BCUT2D eigenvalue weighted by molar-refractivity contribution is 0.253. The van der Waals surface area contributed by atoms with E-state index in [0.29, 0.717) is 11.8 Å². The SMILES string of the molecule is CC(C)(C)[C@@H](N)c1nc(N2CCCC2)no1. The summed E-state index contributed by atoms with van der Waals surface area (Å²) in [4.78, 5) is 6.52. The summed E-state index contributed by atoms with van der Waals surface area (Å²) in [7, 11) is 0. The highest BCUT2D eigenvalue weighted by Gasteiger charge is 2.28. The predicted octanol–water partition coefficient (Wildman–Crippen LogP) is 1.72. The second-order valence-electron chi connectivity index (χ2n) is 5.47. The second-order valence-corrected chi connectivity index (χ2v) is 5.47. The molecule has 90 valence electrons. The Morgan fingerprint density at radius 2 is 1.94 bits per heavy atom. The minimum absolute atomic E-state index is 0.0607. The van der Waals surface area contributed by atoms with Crippen LogP contribution in [0.15, 0.2) is 4.52 Å². The van der Waals surface area contributed by atoms with Crippen LogP contribution in [0.3, 0.4) is 0 Å². The van der Waals surface area contributed by atoms with Crippen LogP contribution in [0.1, 0.15) is 45.5 Å². The average molecular weight is 224 g/mol. The number of hydrogen-bond acceptors (Lipinski definition) is 5. The summed E-state index contributed by atoms with van der Waals surface area (Å²) in [5, 5.41) is 3.99. The quantitative estimate of drug-likeness (QED) is 0.828. The molecule has 0 aromatic carbocycles. The molecule has 0 saturated carbocycles. The summed E-state index contributed by atoms with van der Waals surface area (Å²) in [5.41, 5.74) is 6.01. The maximum Gasteiger partial charge on any atom is 0.266 e. The van der Waals surface area contributed by atoms with Crippen molar-refractivity contribution in [3.05, 3.63) is 5.89 Å². The van der Waals surface area contributed by atoms with Gasteiger partial charge in [0.05, 0.1) is 6.04 Å². The van der Waals surface area contributed by atoms with Crippen LogP contribution < -0.4 is 10.6 Å². The fourth-order valence-corrected chi connectivity index (χ4v) is 1.77. The van der Waals surface area contributed by atoms with Gasteiger partial charge in [0.1, 0.15) is 0 Å². The van der Waals surface area contributed by atoms with Crippen molar-refractivity contribution in [3.63, 3.8) is 0 Å². The van der Waals surface area contributed by atoms with E-state index in [1.807, 2.05) is 0 Å². The van der Waals surface area contributed by atoms with Gasteiger partial charge in [-0.25, -0.2) is 0 Å². The van der Waals surface area contributed by atoms with Gasteiger partial charge in [0, 0.05) is 13.1 Å². The van der Waals surface area contributed by atoms with Crippen molar-refractivity contribution in [1.29, 1.82) is 0 Å². The zero-order valence-electron chi connectivity index (χ0n) is 10.2. The molecular formula is C11H20N4O. The third-order valence-corrected chi connectivity index (χ3v) is 3.02. The molecule has 1 saturated heterocycles. The minimum Gasteiger partial charge on any atom is -0.338 e. The Morgan fingerprint density at radius 3 is 2.50 bits per heavy atom. The number of nitrogens with zero attached hydrogens (tertiary/aromatic N) is 3. The van der Waals surface area contributed by atoms with Crippen molar-refractivity contribution in [3.8, 4) is 0 Å². The minimum atomic E-state index is -0.212. The van der Waals surface area contributed by atoms with Gasteiger partial charge in [-0.15, -0.1) is 0 Å². The largest absolute Gasteiger partial charge is 0.338 e. The lowest BCUT2D eigenvalue weighted by Crippen LogP contribution is -2.26. The molecule has 1 aromatic heterocycles. The first-order valence-electron chi connectivity index (χ1n) is 5.82. The Labute approximate surface area is 96.0 Å². The van der Waals surface area contributed by atoms with Crippen LogP contribution in [-0.4, -0.2) is 23.2 Å². The maximum atomic E-state index is 6.07. The van der Waals surface area contributed by atoms with Gasteiger partial charge in [-0.1, -0.05) is 20.8 Å². The summed E-state index contributed by atoms with van der Waals surface area (Å²) in [6, 6.07) is -0.212. The smallest absolute Gasteiger partial charge is 0.266 e. The fourth-order valence-electron chi connectivity index (χ4n) is 1.77. The molecule has 1 aliphatic heterocycles. The zero-order chi connectivity index (χ0) is 11.8. The Hall–Kier alpha value is -1.10. The molecule has 0 spiro atoms. The van der Waals surface area contributed by atoms with Crippen LogP contribution in [0.4, 0.5) is 5.95 Å². The van der Waals surface area contributed by atoms with Crippen LogP contribution in [0.25, 0.3) is 0 Å². The molecule has 5 nitrogen and oxygen atoms in total. The Balaban J connectivity index is 2.12. The number of nitrogens with two attached hydrogens (primary N) is 1. The first kappa shape index (κ1) is 11.4. The Bertz CT molecular complexity index is 349. The first-order valence-corrected chi connectivity index (χ1v) is 5.82. The normalized spacial score (nSPS) is 19.1. The van der Waals surface area contributed by atoms with Gasteiger partial charge in [0.15, 0.2) is 0 Å². The molecule has 0 unspecified atom stereocenters. The molecule has 2 rings (SSSR count). The van der Waals surface area contributed by atoms with E-state index in [4.69, 9.17) is 10.3 Å². The predicted molar refractivity (Wildman–Crippen MR) is 62.1 cm³/mol. The highest BCUT2D eigenvalue weighted by Crippen LogP contribution is 2.30. The summed E-state index contributed by atoms with van der Waals surface area (Å²) in [6.07, 6.45) is 2.41. The van der Waals surface area contributed by atoms with Gasteiger partial charge in [0.2, 0.25) is 5.89 Å². The second kappa shape index (κ2) is 4.05. The van der Waals surface area contributed by atoms with Gasteiger partial charge in [-0.05, 0) is 23.4 Å². The van der Waals surface area contributed by atoms with E-state index in [1.54, 1.807) is 0 Å². The van der Waals surface area contributed by atoms with Crippen molar-refractivity contribution < 1.29 is 4.52 Å². The molecule has 5 heteroatoms. The van der Waals surface area contributed by atoms with Gasteiger partial charge in [-0.3, -0.25) is 0 Å². The third kappa shape index (κ3) is 2.19. The van der Waals surface area contributed by atoms with Gasteiger partial charge in [0.25, 0.3) is 5.95 Å². The van der Waals surface area contributed by atoms with Crippen molar-refractivity contribution >= 4 is 5.95 Å².